The highest BCUT2D eigenvalue weighted by molar-refractivity contribution is 7.99. The van der Waals surface area contributed by atoms with Crippen LogP contribution in [0.3, 0.4) is 0 Å². The van der Waals surface area contributed by atoms with E-state index in [1.165, 1.54) is 17.8 Å². The van der Waals surface area contributed by atoms with Crippen molar-refractivity contribution in [3.05, 3.63) is 30.1 Å². The number of aliphatic hydroxyl groups is 1. The molecule has 5 heteroatoms. The van der Waals surface area contributed by atoms with Gasteiger partial charge in [-0.1, -0.05) is 25.0 Å². The summed E-state index contributed by atoms with van der Waals surface area (Å²) in [6, 6.07) is 6.53. The molecule has 1 saturated carbocycles. The van der Waals surface area contributed by atoms with Gasteiger partial charge in [-0.15, -0.1) is 11.8 Å². The zero-order valence-corrected chi connectivity index (χ0v) is 13.1. The van der Waals surface area contributed by atoms with Gasteiger partial charge in [0.1, 0.15) is 5.82 Å². The zero-order valence-electron chi connectivity index (χ0n) is 12.3. The average molecular weight is 311 g/mol. The van der Waals surface area contributed by atoms with Crippen molar-refractivity contribution in [2.75, 3.05) is 12.8 Å². The van der Waals surface area contributed by atoms with E-state index >= 15 is 0 Å². The van der Waals surface area contributed by atoms with Crippen molar-refractivity contribution in [2.24, 2.45) is 0 Å². The Balaban J connectivity index is 1.80. The fourth-order valence-electron chi connectivity index (χ4n) is 2.71. The molecule has 1 aliphatic carbocycles. The number of hydrogen-bond donors (Lipinski definition) is 1. The standard InChI is InChI=1S/C16H22FNO2S/c1-18(13-7-3-4-8-14(13)19)16(20)10-11-21-15-9-5-2-6-12(15)17/h2,5-6,9,13-14,19H,3-4,7-8,10-11H2,1H3. The average Bonchev–Trinajstić information content (AvgIpc) is 2.49. The zero-order chi connectivity index (χ0) is 15.2. The Kier molecular flexibility index (Phi) is 6.06. The maximum absolute atomic E-state index is 13.5. The molecule has 1 N–H and O–H groups in total. The summed E-state index contributed by atoms with van der Waals surface area (Å²) in [6.45, 7) is 0. The van der Waals surface area contributed by atoms with Gasteiger partial charge in [0, 0.05) is 24.1 Å². The number of nitrogens with zero attached hydrogens (tertiary/aromatic N) is 1. The summed E-state index contributed by atoms with van der Waals surface area (Å²) in [5.41, 5.74) is 0. The molecule has 21 heavy (non-hydrogen) atoms. The van der Waals surface area contributed by atoms with Gasteiger partial charge in [-0.2, -0.15) is 0 Å². The highest BCUT2D eigenvalue weighted by Crippen LogP contribution is 2.25. The first-order valence-corrected chi connectivity index (χ1v) is 8.39. The van der Waals surface area contributed by atoms with Crippen molar-refractivity contribution in [1.29, 1.82) is 0 Å². The third kappa shape index (κ3) is 4.45. The van der Waals surface area contributed by atoms with Crippen LogP contribution in [0.1, 0.15) is 32.1 Å². The topological polar surface area (TPSA) is 40.5 Å². The number of thioether (sulfide) groups is 1. The Morgan fingerprint density at radius 2 is 2.10 bits per heavy atom. The largest absolute Gasteiger partial charge is 0.391 e. The van der Waals surface area contributed by atoms with Gasteiger partial charge in [0.2, 0.25) is 5.91 Å². The molecule has 0 spiro atoms. The molecule has 2 unspecified atom stereocenters. The van der Waals surface area contributed by atoms with E-state index in [4.69, 9.17) is 0 Å². The number of benzene rings is 1. The van der Waals surface area contributed by atoms with Crippen LogP contribution >= 0.6 is 11.8 Å². The quantitative estimate of drug-likeness (QED) is 0.850. The molecule has 0 heterocycles. The number of carbonyl (C=O) groups is 1. The number of rotatable bonds is 5. The Morgan fingerprint density at radius 1 is 1.38 bits per heavy atom. The minimum atomic E-state index is -0.410. The van der Waals surface area contributed by atoms with Gasteiger partial charge in [0.25, 0.3) is 0 Å². The maximum atomic E-state index is 13.5. The number of likely N-dealkylation sites (N-methyl/N-ethyl adjacent to an activating group) is 1. The van der Waals surface area contributed by atoms with Crippen molar-refractivity contribution >= 4 is 17.7 Å². The van der Waals surface area contributed by atoms with Crippen molar-refractivity contribution in [3.8, 4) is 0 Å². The molecule has 0 radical (unpaired) electrons. The minimum Gasteiger partial charge on any atom is -0.391 e. The van der Waals surface area contributed by atoms with Gasteiger partial charge in [0.05, 0.1) is 12.1 Å². The van der Waals surface area contributed by atoms with Crippen LogP contribution in [0.5, 0.6) is 0 Å². The lowest BCUT2D eigenvalue weighted by Crippen LogP contribution is -2.46. The number of amides is 1. The van der Waals surface area contributed by atoms with Gasteiger partial charge in [-0.3, -0.25) is 4.79 Å². The van der Waals surface area contributed by atoms with Gasteiger partial charge in [-0.25, -0.2) is 4.39 Å². The van der Waals surface area contributed by atoms with Crippen LogP contribution in [0, 0.1) is 5.82 Å². The Hall–Kier alpha value is -1.07. The molecule has 0 aromatic heterocycles. The molecule has 0 bridgehead atoms. The van der Waals surface area contributed by atoms with E-state index in [2.05, 4.69) is 0 Å². The molecule has 2 atom stereocenters. The fourth-order valence-corrected chi connectivity index (χ4v) is 3.59. The lowest BCUT2D eigenvalue weighted by Gasteiger charge is -2.35. The summed E-state index contributed by atoms with van der Waals surface area (Å²) < 4.78 is 13.5. The highest BCUT2D eigenvalue weighted by atomic mass is 32.2. The number of halogens is 1. The van der Waals surface area contributed by atoms with Crippen molar-refractivity contribution < 1.29 is 14.3 Å². The van der Waals surface area contributed by atoms with Gasteiger partial charge in [-0.05, 0) is 25.0 Å². The van der Waals surface area contributed by atoms with Crippen LogP contribution in [0.2, 0.25) is 0 Å². The second-order valence-electron chi connectivity index (χ2n) is 5.45. The molecule has 1 aromatic carbocycles. The third-order valence-corrected chi connectivity index (χ3v) is 5.05. The Labute approximate surface area is 129 Å². The Bertz CT molecular complexity index is 483. The fraction of sp³-hybridized carbons (Fsp3) is 0.562. The van der Waals surface area contributed by atoms with Crippen LogP contribution in [0.4, 0.5) is 4.39 Å². The maximum Gasteiger partial charge on any atom is 0.223 e. The summed E-state index contributed by atoms with van der Waals surface area (Å²) in [5, 5.41) is 9.98. The molecule has 3 nitrogen and oxygen atoms in total. The summed E-state index contributed by atoms with van der Waals surface area (Å²) in [4.78, 5) is 14.4. The molecule has 1 aromatic rings. The monoisotopic (exact) mass is 311 g/mol. The molecule has 1 aliphatic rings. The predicted octanol–water partition coefficient (Wildman–Crippen LogP) is 3.07. The van der Waals surface area contributed by atoms with Crippen molar-refractivity contribution in [3.63, 3.8) is 0 Å². The van der Waals surface area contributed by atoms with E-state index in [1.54, 1.807) is 30.1 Å². The van der Waals surface area contributed by atoms with Crippen LogP contribution in [0.25, 0.3) is 0 Å². The smallest absolute Gasteiger partial charge is 0.223 e. The molecule has 1 fully saturated rings. The molecular weight excluding hydrogens is 289 g/mol. The summed E-state index contributed by atoms with van der Waals surface area (Å²) in [7, 11) is 1.76. The molecule has 1 amide bonds. The van der Waals surface area contributed by atoms with Crippen LogP contribution < -0.4 is 0 Å². The van der Waals surface area contributed by atoms with E-state index < -0.39 is 6.10 Å². The second-order valence-corrected chi connectivity index (χ2v) is 6.59. The highest BCUT2D eigenvalue weighted by Gasteiger charge is 2.28. The molecule has 2 rings (SSSR count). The van der Waals surface area contributed by atoms with Crippen LogP contribution in [-0.2, 0) is 4.79 Å². The third-order valence-electron chi connectivity index (χ3n) is 3.99. The summed E-state index contributed by atoms with van der Waals surface area (Å²) in [5.74, 6) is 0.322. The van der Waals surface area contributed by atoms with Crippen molar-refractivity contribution in [2.45, 2.75) is 49.1 Å². The lowest BCUT2D eigenvalue weighted by atomic mass is 9.91. The lowest BCUT2D eigenvalue weighted by molar-refractivity contribution is -0.134. The SMILES string of the molecule is CN(C(=O)CCSc1ccccc1F)C1CCCCC1O. The van der Waals surface area contributed by atoms with E-state index in [1.807, 2.05) is 0 Å². The first-order valence-electron chi connectivity index (χ1n) is 7.40. The molecule has 116 valence electrons. The van der Waals surface area contributed by atoms with E-state index in [0.717, 1.165) is 25.7 Å². The Morgan fingerprint density at radius 3 is 2.81 bits per heavy atom. The van der Waals surface area contributed by atoms with Gasteiger partial charge in [0.15, 0.2) is 0 Å². The number of carbonyl (C=O) groups excluding carboxylic acids is 1. The summed E-state index contributed by atoms with van der Waals surface area (Å²) >= 11 is 1.36. The minimum absolute atomic E-state index is 0.0183. The van der Waals surface area contributed by atoms with Gasteiger partial charge < -0.3 is 10.0 Å². The van der Waals surface area contributed by atoms with Crippen LogP contribution in [0.15, 0.2) is 29.2 Å². The molecule has 0 saturated heterocycles. The van der Waals surface area contributed by atoms with E-state index in [0.29, 0.717) is 17.1 Å². The molecular formula is C16H22FNO2S. The van der Waals surface area contributed by atoms with Gasteiger partial charge >= 0.3 is 0 Å². The second kappa shape index (κ2) is 7.80. The molecule has 0 aliphatic heterocycles. The van der Waals surface area contributed by atoms with E-state index in [9.17, 15) is 14.3 Å². The summed E-state index contributed by atoms with van der Waals surface area (Å²) in [6.07, 6.45) is 3.67. The van der Waals surface area contributed by atoms with Crippen LogP contribution in [-0.4, -0.2) is 40.9 Å². The number of hydrogen-bond acceptors (Lipinski definition) is 3. The van der Waals surface area contributed by atoms with E-state index in [-0.39, 0.29) is 17.8 Å². The normalized spacial score (nSPS) is 22.0. The first-order chi connectivity index (χ1) is 10.1. The predicted molar refractivity (Wildman–Crippen MR) is 82.8 cm³/mol. The first kappa shape index (κ1) is 16.3. The number of aliphatic hydroxyl groups excluding tert-OH is 1. The van der Waals surface area contributed by atoms with Crippen molar-refractivity contribution in [1.82, 2.24) is 4.90 Å².